The fourth-order valence-electron chi connectivity index (χ4n) is 3.77. The maximum atomic E-state index is 12.5. The van der Waals surface area contributed by atoms with Gasteiger partial charge in [-0.3, -0.25) is 14.9 Å². The highest BCUT2D eigenvalue weighted by molar-refractivity contribution is 5.91. The van der Waals surface area contributed by atoms with Crippen molar-refractivity contribution in [2.24, 2.45) is 5.92 Å². The van der Waals surface area contributed by atoms with Crippen molar-refractivity contribution in [3.8, 4) is 0 Å². The van der Waals surface area contributed by atoms with Crippen molar-refractivity contribution in [1.82, 2.24) is 4.90 Å². The topological polar surface area (TPSA) is 93.0 Å². The minimum atomic E-state index is -0.531. The van der Waals surface area contributed by atoms with E-state index in [1.54, 1.807) is 0 Å². The number of anilines is 1. The van der Waals surface area contributed by atoms with E-state index < -0.39 is 10.9 Å². The van der Waals surface area contributed by atoms with E-state index in [4.69, 9.17) is 4.74 Å². The van der Waals surface area contributed by atoms with Crippen molar-refractivity contribution in [2.45, 2.75) is 25.7 Å². The van der Waals surface area contributed by atoms with Crippen LogP contribution in [-0.2, 0) is 9.53 Å². The molecule has 1 heterocycles. The third-order valence-corrected chi connectivity index (χ3v) is 5.23. The van der Waals surface area contributed by atoms with Gasteiger partial charge in [0.2, 0.25) is 5.91 Å². The number of carbonyl (C=O) groups excluding carboxylic acids is 2. The maximum Gasteiger partial charge on any atom is 0.337 e. The van der Waals surface area contributed by atoms with Crippen LogP contribution in [0.5, 0.6) is 0 Å². The van der Waals surface area contributed by atoms with E-state index in [-0.39, 0.29) is 23.1 Å². The largest absolute Gasteiger partial charge is 0.465 e. The molecule has 0 spiro atoms. The van der Waals surface area contributed by atoms with E-state index in [0.29, 0.717) is 31.9 Å². The van der Waals surface area contributed by atoms with Gasteiger partial charge in [-0.25, -0.2) is 4.79 Å². The van der Waals surface area contributed by atoms with Gasteiger partial charge in [0, 0.05) is 38.2 Å². The van der Waals surface area contributed by atoms with Gasteiger partial charge in [0.15, 0.2) is 0 Å². The summed E-state index contributed by atoms with van der Waals surface area (Å²) >= 11 is 0. The van der Waals surface area contributed by atoms with Gasteiger partial charge in [-0.05, 0) is 25.0 Å². The Morgan fingerprint density at radius 3 is 2.38 bits per heavy atom. The Morgan fingerprint density at radius 2 is 1.81 bits per heavy atom. The Balaban J connectivity index is 1.74. The van der Waals surface area contributed by atoms with E-state index in [0.717, 1.165) is 25.7 Å². The lowest BCUT2D eigenvalue weighted by molar-refractivity contribution is -0.384. The highest BCUT2D eigenvalue weighted by Gasteiger charge is 2.31. The molecule has 140 valence electrons. The summed E-state index contributed by atoms with van der Waals surface area (Å²) in [5, 5.41) is 11.4. The van der Waals surface area contributed by atoms with Crippen molar-refractivity contribution in [1.29, 1.82) is 0 Å². The molecule has 8 nitrogen and oxygen atoms in total. The molecule has 0 atom stereocenters. The normalized spacial score (nSPS) is 18.0. The van der Waals surface area contributed by atoms with Crippen LogP contribution in [0.3, 0.4) is 0 Å². The van der Waals surface area contributed by atoms with E-state index >= 15 is 0 Å². The van der Waals surface area contributed by atoms with Gasteiger partial charge in [0.1, 0.15) is 5.69 Å². The first kappa shape index (κ1) is 18.2. The van der Waals surface area contributed by atoms with Gasteiger partial charge >= 0.3 is 5.97 Å². The molecule has 0 aromatic heterocycles. The van der Waals surface area contributed by atoms with Crippen LogP contribution in [0.1, 0.15) is 36.0 Å². The highest BCUT2D eigenvalue weighted by atomic mass is 16.6. The molecule has 1 aromatic carbocycles. The zero-order valence-corrected chi connectivity index (χ0v) is 14.8. The molecule has 0 bridgehead atoms. The second-order valence-electron chi connectivity index (χ2n) is 6.75. The molecule has 1 saturated carbocycles. The second-order valence-corrected chi connectivity index (χ2v) is 6.75. The smallest absolute Gasteiger partial charge is 0.337 e. The highest BCUT2D eigenvalue weighted by Crippen LogP contribution is 2.31. The number of carbonyl (C=O) groups is 2. The minimum Gasteiger partial charge on any atom is -0.465 e. The number of ether oxygens (including phenoxy) is 1. The first-order valence-electron chi connectivity index (χ1n) is 8.91. The zero-order valence-electron chi connectivity index (χ0n) is 14.8. The first-order valence-corrected chi connectivity index (χ1v) is 8.91. The van der Waals surface area contributed by atoms with E-state index in [2.05, 4.69) is 0 Å². The Hall–Kier alpha value is -2.64. The summed E-state index contributed by atoms with van der Waals surface area (Å²) in [4.78, 5) is 38.9. The maximum absolute atomic E-state index is 12.5. The molecule has 1 amide bonds. The van der Waals surface area contributed by atoms with Gasteiger partial charge in [0.05, 0.1) is 17.6 Å². The summed E-state index contributed by atoms with van der Waals surface area (Å²) in [7, 11) is 1.27. The number of nitro groups is 1. The molecule has 1 saturated heterocycles. The van der Waals surface area contributed by atoms with Crippen LogP contribution in [0.2, 0.25) is 0 Å². The average Bonchev–Trinajstić information content (AvgIpc) is 3.21. The molecule has 0 N–H and O–H groups in total. The van der Waals surface area contributed by atoms with E-state index in [9.17, 15) is 19.7 Å². The molecule has 1 aliphatic heterocycles. The quantitative estimate of drug-likeness (QED) is 0.464. The predicted molar refractivity (Wildman–Crippen MR) is 95.2 cm³/mol. The van der Waals surface area contributed by atoms with Crippen LogP contribution in [0.4, 0.5) is 11.4 Å². The van der Waals surface area contributed by atoms with Crippen LogP contribution in [0, 0.1) is 16.0 Å². The predicted octanol–water partition coefficient (Wildman–Crippen LogP) is 2.22. The fourth-order valence-corrected chi connectivity index (χ4v) is 3.77. The lowest BCUT2D eigenvalue weighted by Gasteiger charge is -2.37. The van der Waals surface area contributed by atoms with Crippen LogP contribution in [-0.4, -0.2) is 55.0 Å². The van der Waals surface area contributed by atoms with Crippen molar-refractivity contribution < 1.29 is 19.2 Å². The molecule has 3 rings (SSSR count). The van der Waals surface area contributed by atoms with Crippen molar-refractivity contribution >= 4 is 23.3 Å². The number of benzene rings is 1. The lowest BCUT2D eigenvalue weighted by Crippen LogP contribution is -2.50. The second kappa shape index (κ2) is 7.72. The summed E-state index contributed by atoms with van der Waals surface area (Å²) in [6, 6.07) is 4.23. The van der Waals surface area contributed by atoms with Gasteiger partial charge < -0.3 is 14.5 Å². The van der Waals surface area contributed by atoms with Gasteiger partial charge in [-0.15, -0.1) is 0 Å². The Morgan fingerprint density at radius 1 is 1.15 bits per heavy atom. The number of nitro benzene ring substituents is 1. The van der Waals surface area contributed by atoms with Crippen LogP contribution in [0.25, 0.3) is 0 Å². The van der Waals surface area contributed by atoms with Gasteiger partial charge in [0.25, 0.3) is 5.69 Å². The molecule has 0 radical (unpaired) electrons. The monoisotopic (exact) mass is 361 g/mol. The SMILES string of the molecule is COC(=O)c1ccc([N+](=O)[O-])c(N2CCN(C(=O)C3CCCC3)CC2)c1. The molecule has 8 heteroatoms. The standard InChI is InChI=1S/C18H23N3O5/c1-26-18(23)14-6-7-15(21(24)25)16(12-14)19-8-10-20(11-9-19)17(22)13-4-2-3-5-13/h6-7,12-13H,2-5,8-11H2,1H3. The Labute approximate surface area is 151 Å². The number of amides is 1. The summed E-state index contributed by atoms with van der Waals surface area (Å²) < 4.78 is 4.70. The lowest BCUT2D eigenvalue weighted by atomic mass is 10.1. The van der Waals surface area contributed by atoms with E-state index in [1.807, 2.05) is 9.80 Å². The van der Waals surface area contributed by atoms with E-state index in [1.165, 1.54) is 25.3 Å². The third kappa shape index (κ3) is 3.63. The molecule has 0 unspecified atom stereocenters. The molecule has 1 aromatic rings. The number of hydrogen-bond acceptors (Lipinski definition) is 6. The van der Waals surface area contributed by atoms with Crippen LogP contribution >= 0.6 is 0 Å². The number of nitrogens with zero attached hydrogens (tertiary/aromatic N) is 3. The molecular weight excluding hydrogens is 338 g/mol. The molecule has 26 heavy (non-hydrogen) atoms. The summed E-state index contributed by atoms with van der Waals surface area (Å²) in [6.07, 6.45) is 4.16. The Bertz CT molecular complexity index is 707. The first-order chi connectivity index (χ1) is 12.5. The third-order valence-electron chi connectivity index (χ3n) is 5.23. The zero-order chi connectivity index (χ0) is 18.7. The van der Waals surface area contributed by atoms with Crippen LogP contribution < -0.4 is 4.90 Å². The molecular formula is C18H23N3O5. The summed E-state index contributed by atoms with van der Waals surface area (Å²) in [5.74, 6) is -0.185. The van der Waals surface area contributed by atoms with Gasteiger partial charge in [-0.1, -0.05) is 12.8 Å². The number of piperazine rings is 1. The fraction of sp³-hybridized carbons (Fsp3) is 0.556. The molecule has 1 aliphatic carbocycles. The Kier molecular flexibility index (Phi) is 5.39. The van der Waals surface area contributed by atoms with Gasteiger partial charge in [-0.2, -0.15) is 0 Å². The number of rotatable bonds is 4. The molecule has 2 fully saturated rings. The van der Waals surface area contributed by atoms with Crippen molar-refractivity contribution in [2.75, 3.05) is 38.2 Å². The number of hydrogen-bond donors (Lipinski definition) is 0. The molecule has 2 aliphatic rings. The average molecular weight is 361 g/mol. The number of methoxy groups -OCH3 is 1. The van der Waals surface area contributed by atoms with Crippen molar-refractivity contribution in [3.63, 3.8) is 0 Å². The summed E-state index contributed by atoms with van der Waals surface area (Å²) in [5.41, 5.74) is 0.622. The minimum absolute atomic E-state index is 0.0479. The van der Waals surface area contributed by atoms with Crippen LogP contribution in [0.15, 0.2) is 18.2 Å². The number of esters is 1. The van der Waals surface area contributed by atoms with Crippen molar-refractivity contribution in [3.05, 3.63) is 33.9 Å². The summed E-state index contributed by atoms with van der Waals surface area (Å²) in [6.45, 7) is 2.08.